The first-order chi connectivity index (χ1) is 8.10. The lowest BCUT2D eigenvalue weighted by atomic mass is 10.1. The van der Waals surface area contributed by atoms with Crippen molar-refractivity contribution in [3.8, 4) is 0 Å². The molecule has 3 atom stereocenters. The second-order valence-electron chi connectivity index (χ2n) is 5.12. The molecule has 3 heteroatoms. The van der Waals surface area contributed by atoms with Gasteiger partial charge in [0.2, 0.25) is 0 Å². The van der Waals surface area contributed by atoms with E-state index in [4.69, 9.17) is 9.15 Å². The van der Waals surface area contributed by atoms with Crippen LogP contribution in [0.25, 0.3) is 0 Å². The zero-order valence-electron chi connectivity index (χ0n) is 11.2. The van der Waals surface area contributed by atoms with Crippen molar-refractivity contribution in [2.45, 2.75) is 58.2 Å². The molecule has 0 spiro atoms. The molecule has 0 aromatic carbocycles. The van der Waals surface area contributed by atoms with Crippen molar-refractivity contribution in [2.75, 3.05) is 7.11 Å². The van der Waals surface area contributed by atoms with Gasteiger partial charge >= 0.3 is 0 Å². The van der Waals surface area contributed by atoms with E-state index in [-0.39, 0.29) is 0 Å². The minimum Gasteiger partial charge on any atom is -0.466 e. The summed E-state index contributed by atoms with van der Waals surface area (Å²) in [6.07, 6.45) is 3.94. The minimum atomic E-state index is 0.355. The number of methoxy groups -OCH3 is 1. The monoisotopic (exact) mass is 237 g/mol. The lowest BCUT2D eigenvalue weighted by molar-refractivity contribution is 0.106. The summed E-state index contributed by atoms with van der Waals surface area (Å²) in [5.41, 5.74) is 1.28. The van der Waals surface area contributed by atoms with Crippen molar-refractivity contribution < 1.29 is 9.15 Å². The van der Waals surface area contributed by atoms with Crippen LogP contribution >= 0.6 is 0 Å². The van der Waals surface area contributed by atoms with Crippen LogP contribution in [0.3, 0.4) is 0 Å². The smallest absolute Gasteiger partial charge is 0.105 e. The average molecular weight is 237 g/mol. The largest absolute Gasteiger partial charge is 0.466 e. The number of aryl methyl sites for hydroxylation is 2. The highest BCUT2D eigenvalue weighted by atomic mass is 16.5. The molecular weight excluding hydrogens is 214 g/mol. The Kier molecular flexibility index (Phi) is 3.89. The van der Waals surface area contributed by atoms with Crippen LogP contribution in [0.1, 0.15) is 49.3 Å². The van der Waals surface area contributed by atoms with Crippen LogP contribution < -0.4 is 5.32 Å². The number of furan rings is 1. The van der Waals surface area contributed by atoms with Crippen molar-refractivity contribution in [1.29, 1.82) is 0 Å². The molecule has 1 fully saturated rings. The zero-order valence-corrected chi connectivity index (χ0v) is 11.2. The van der Waals surface area contributed by atoms with Crippen LogP contribution in [0.15, 0.2) is 10.5 Å². The van der Waals surface area contributed by atoms with Gasteiger partial charge < -0.3 is 14.5 Å². The van der Waals surface area contributed by atoms with E-state index in [0.717, 1.165) is 17.9 Å². The summed E-state index contributed by atoms with van der Waals surface area (Å²) in [4.78, 5) is 0. The first-order valence-electron chi connectivity index (χ1n) is 6.46. The number of hydrogen-bond acceptors (Lipinski definition) is 3. The molecule has 1 aliphatic carbocycles. The van der Waals surface area contributed by atoms with Crippen LogP contribution in [0.4, 0.5) is 0 Å². The molecule has 1 heterocycles. The molecule has 3 unspecified atom stereocenters. The molecule has 1 N–H and O–H groups in total. The Hall–Kier alpha value is -0.800. The molecule has 0 aliphatic heterocycles. The van der Waals surface area contributed by atoms with Crippen LogP contribution in [0, 0.1) is 13.8 Å². The third-order valence-corrected chi connectivity index (χ3v) is 3.75. The maximum atomic E-state index is 5.58. The summed E-state index contributed by atoms with van der Waals surface area (Å²) in [6.45, 7) is 6.24. The third-order valence-electron chi connectivity index (χ3n) is 3.75. The number of rotatable bonds is 4. The Morgan fingerprint density at radius 3 is 2.71 bits per heavy atom. The average Bonchev–Trinajstić information content (AvgIpc) is 2.85. The van der Waals surface area contributed by atoms with Crippen molar-refractivity contribution in [3.63, 3.8) is 0 Å². The Morgan fingerprint density at radius 2 is 2.18 bits per heavy atom. The molecule has 0 amide bonds. The van der Waals surface area contributed by atoms with Crippen molar-refractivity contribution >= 4 is 0 Å². The molecule has 0 bridgehead atoms. The standard InChI is InChI=1S/C14H23NO2/c1-9-7-14(11(3)17-9)10(2)15-12-5-6-13(8-12)16-4/h7,10,12-13,15H,5-6,8H2,1-4H3. The van der Waals surface area contributed by atoms with E-state index in [2.05, 4.69) is 18.3 Å². The molecule has 1 saturated carbocycles. The number of hydrogen-bond donors (Lipinski definition) is 1. The normalized spacial score (nSPS) is 26.4. The Labute approximate surface area is 104 Å². The highest BCUT2D eigenvalue weighted by Gasteiger charge is 2.26. The molecule has 3 nitrogen and oxygen atoms in total. The SMILES string of the molecule is COC1CCC(NC(C)c2cc(C)oc2C)C1. The highest BCUT2D eigenvalue weighted by Crippen LogP contribution is 2.26. The van der Waals surface area contributed by atoms with Gasteiger partial charge in [0.15, 0.2) is 0 Å². The Bertz CT molecular complexity index is 372. The van der Waals surface area contributed by atoms with Gasteiger partial charge in [-0.1, -0.05) is 0 Å². The molecule has 1 aromatic rings. The van der Waals surface area contributed by atoms with Crippen LogP contribution in [-0.4, -0.2) is 19.3 Å². The fraction of sp³-hybridized carbons (Fsp3) is 0.714. The van der Waals surface area contributed by atoms with Gasteiger partial charge in [0.1, 0.15) is 11.5 Å². The lowest BCUT2D eigenvalue weighted by Crippen LogP contribution is -2.30. The van der Waals surface area contributed by atoms with Gasteiger partial charge in [0, 0.05) is 24.8 Å². The van der Waals surface area contributed by atoms with Crippen molar-refractivity contribution in [2.24, 2.45) is 0 Å². The maximum absolute atomic E-state index is 5.58. The van der Waals surface area contributed by atoms with E-state index in [9.17, 15) is 0 Å². The highest BCUT2D eigenvalue weighted by molar-refractivity contribution is 5.23. The number of ether oxygens (including phenoxy) is 1. The van der Waals surface area contributed by atoms with E-state index in [1.54, 1.807) is 7.11 Å². The molecular formula is C14H23NO2. The topological polar surface area (TPSA) is 34.4 Å². The molecule has 2 rings (SSSR count). The quantitative estimate of drug-likeness (QED) is 0.873. The van der Waals surface area contributed by atoms with Gasteiger partial charge in [-0.15, -0.1) is 0 Å². The van der Waals surface area contributed by atoms with Crippen LogP contribution in [0.5, 0.6) is 0 Å². The minimum absolute atomic E-state index is 0.355. The summed E-state index contributed by atoms with van der Waals surface area (Å²) in [5.74, 6) is 2.02. The Balaban J connectivity index is 1.93. The van der Waals surface area contributed by atoms with Crippen LogP contribution in [-0.2, 0) is 4.74 Å². The van der Waals surface area contributed by atoms with Crippen molar-refractivity contribution in [3.05, 3.63) is 23.2 Å². The van der Waals surface area contributed by atoms with E-state index in [1.807, 2.05) is 13.8 Å². The fourth-order valence-electron chi connectivity index (χ4n) is 2.83. The summed E-state index contributed by atoms with van der Waals surface area (Å²) in [7, 11) is 1.81. The Morgan fingerprint density at radius 1 is 1.41 bits per heavy atom. The predicted octanol–water partition coefficient (Wildman–Crippen LogP) is 3.11. The summed E-state index contributed by atoms with van der Waals surface area (Å²) in [6, 6.07) is 3.06. The van der Waals surface area contributed by atoms with Gasteiger partial charge in [0.25, 0.3) is 0 Å². The molecule has 1 aliphatic rings. The second-order valence-corrected chi connectivity index (χ2v) is 5.12. The first-order valence-corrected chi connectivity index (χ1v) is 6.46. The van der Waals surface area contributed by atoms with Crippen molar-refractivity contribution in [1.82, 2.24) is 5.32 Å². The zero-order chi connectivity index (χ0) is 12.4. The summed E-state index contributed by atoms with van der Waals surface area (Å²) in [5, 5.41) is 3.67. The summed E-state index contributed by atoms with van der Waals surface area (Å²) < 4.78 is 11.0. The molecule has 1 aromatic heterocycles. The van der Waals surface area contributed by atoms with E-state index < -0.39 is 0 Å². The van der Waals surface area contributed by atoms with Crippen LogP contribution in [0.2, 0.25) is 0 Å². The molecule has 0 saturated heterocycles. The van der Waals surface area contributed by atoms with E-state index in [0.29, 0.717) is 18.2 Å². The predicted molar refractivity (Wildman–Crippen MR) is 68.2 cm³/mol. The number of nitrogens with one attached hydrogen (secondary N) is 1. The van der Waals surface area contributed by atoms with Gasteiger partial charge in [-0.25, -0.2) is 0 Å². The maximum Gasteiger partial charge on any atom is 0.105 e. The first kappa shape index (κ1) is 12.7. The third kappa shape index (κ3) is 2.90. The fourth-order valence-corrected chi connectivity index (χ4v) is 2.83. The van der Waals surface area contributed by atoms with E-state index in [1.165, 1.54) is 18.4 Å². The van der Waals surface area contributed by atoms with E-state index >= 15 is 0 Å². The molecule has 0 radical (unpaired) electrons. The molecule has 96 valence electrons. The second kappa shape index (κ2) is 5.23. The molecule has 17 heavy (non-hydrogen) atoms. The lowest BCUT2D eigenvalue weighted by Gasteiger charge is -2.19. The van der Waals surface area contributed by atoms with Gasteiger partial charge in [-0.05, 0) is 46.1 Å². The summed E-state index contributed by atoms with van der Waals surface area (Å²) >= 11 is 0. The van der Waals surface area contributed by atoms with Gasteiger partial charge in [0.05, 0.1) is 6.10 Å². The van der Waals surface area contributed by atoms with Gasteiger partial charge in [-0.2, -0.15) is 0 Å². The van der Waals surface area contributed by atoms with Gasteiger partial charge in [-0.3, -0.25) is 0 Å².